The van der Waals surface area contributed by atoms with Gasteiger partial charge in [0.25, 0.3) is 0 Å². The molecule has 0 radical (unpaired) electrons. The molecule has 0 aromatic heterocycles. The monoisotopic (exact) mass is 214 g/mol. The molecule has 0 spiro atoms. The molecule has 88 valence electrons. The van der Waals surface area contributed by atoms with Gasteiger partial charge in [0.2, 0.25) is 0 Å². The predicted octanol–water partition coefficient (Wildman–Crippen LogP) is -0.366. The first-order valence-electron chi connectivity index (χ1n) is 5.61. The minimum absolute atomic E-state index is 0.108. The normalized spacial score (nSPS) is 17.9. The van der Waals surface area contributed by atoms with E-state index in [1.165, 1.54) is 0 Å². The highest BCUT2D eigenvalue weighted by molar-refractivity contribution is 5.74. The zero-order chi connectivity index (χ0) is 11.3. The largest absolute Gasteiger partial charge is 0.329 e. The van der Waals surface area contributed by atoms with Crippen LogP contribution in [0.15, 0.2) is 0 Å². The molecule has 0 aromatic carbocycles. The number of likely N-dealkylation sites (N-methyl/N-ethyl adjacent to an activating group) is 2. The highest BCUT2D eigenvalue weighted by Crippen LogP contribution is 2.04. The van der Waals surface area contributed by atoms with Crippen LogP contribution in [-0.4, -0.2) is 73.6 Å². The summed E-state index contributed by atoms with van der Waals surface area (Å²) in [5, 5.41) is 0. The molecule has 0 bridgehead atoms. The summed E-state index contributed by atoms with van der Waals surface area (Å²) in [5.74, 6) is 0. The molecule has 0 aromatic rings. The number of piperazine rings is 1. The Hall–Kier alpha value is -0.810. The molecule has 5 heteroatoms. The van der Waals surface area contributed by atoms with Crippen molar-refractivity contribution in [3.63, 3.8) is 0 Å². The third-order valence-electron chi connectivity index (χ3n) is 2.88. The van der Waals surface area contributed by atoms with E-state index in [9.17, 15) is 4.79 Å². The van der Waals surface area contributed by atoms with Gasteiger partial charge in [-0.2, -0.15) is 0 Å². The Morgan fingerprint density at radius 3 is 2.40 bits per heavy atom. The summed E-state index contributed by atoms with van der Waals surface area (Å²) in [4.78, 5) is 17.8. The summed E-state index contributed by atoms with van der Waals surface area (Å²) >= 11 is 0. The fraction of sp³-hybridized carbons (Fsp3) is 0.900. The summed E-state index contributed by atoms with van der Waals surface area (Å²) in [5.41, 5.74) is 5.42. The van der Waals surface area contributed by atoms with Crippen molar-refractivity contribution in [2.24, 2.45) is 5.73 Å². The van der Waals surface area contributed by atoms with Crippen molar-refractivity contribution in [2.75, 3.05) is 52.9 Å². The van der Waals surface area contributed by atoms with Gasteiger partial charge in [0.1, 0.15) is 0 Å². The molecule has 15 heavy (non-hydrogen) atoms. The molecule has 0 atom stereocenters. The van der Waals surface area contributed by atoms with Crippen LogP contribution >= 0.6 is 0 Å². The van der Waals surface area contributed by atoms with E-state index in [0.717, 1.165) is 32.7 Å². The Morgan fingerprint density at radius 1 is 1.33 bits per heavy atom. The molecule has 0 aliphatic carbocycles. The first kappa shape index (κ1) is 12.3. The van der Waals surface area contributed by atoms with Gasteiger partial charge < -0.3 is 20.4 Å². The van der Waals surface area contributed by atoms with E-state index < -0.39 is 0 Å². The molecule has 2 amide bonds. The maximum Gasteiger partial charge on any atom is 0.319 e. The summed E-state index contributed by atoms with van der Waals surface area (Å²) in [6.07, 6.45) is 0. The standard InChI is InChI=1S/C10H22N4O/c1-3-13-6-8-14(9-7-13)10(15)12(2)5-4-11/h3-9,11H2,1-2H3. The van der Waals surface area contributed by atoms with E-state index in [-0.39, 0.29) is 6.03 Å². The van der Waals surface area contributed by atoms with E-state index in [2.05, 4.69) is 11.8 Å². The number of nitrogens with zero attached hydrogens (tertiary/aromatic N) is 3. The van der Waals surface area contributed by atoms with Crippen LogP contribution in [0.1, 0.15) is 6.92 Å². The van der Waals surface area contributed by atoms with E-state index in [4.69, 9.17) is 5.73 Å². The van der Waals surface area contributed by atoms with Crippen LogP contribution in [0.4, 0.5) is 4.79 Å². The van der Waals surface area contributed by atoms with Crippen molar-refractivity contribution in [1.82, 2.24) is 14.7 Å². The second-order valence-electron chi connectivity index (χ2n) is 3.91. The Labute approximate surface area is 91.8 Å². The van der Waals surface area contributed by atoms with Crippen molar-refractivity contribution in [3.8, 4) is 0 Å². The van der Waals surface area contributed by atoms with Crippen LogP contribution in [0.2, 0.25) is 0 Å². The minimum Gasteiger partial charge on any atom is -0.329 e. The van der Waals surface area contributed by atoms with Gasteiger partial charge in [-0.05, 0) is 6.54 Å². The van der Waals surface area contributed by atoms with Crippen molar-refractivity contribution in [2.45, 2.75) is 6.92 Å². The number of rotatable bonds is 3. The van der Waals surface area contributed by atoms with Crippen LogP contribution in [0.3, 0.4) is 0 Å². The third-order valence-corrected chi connectivity index (χ3v) is 2.88. The molecule has 1 rings (SSSR count). The van der Waals surface area contributed by atoms with Gasteiger partial charge >= 0.3 is 6.03 Å². The minimum atomic E-state index is 0.108. The number of nitrogens with two attached hydrogens (primary N) is 1. The third kappa shape index (κ3) is 3.35. The Kier molecular flexibility index (Phi) is 4.84. The summed E-state index contributed by atoms with van der Waals surface area (Å²) in [6.45, 7) is 8.02. The summed E-state index contributed by atoms with van der Waals surface area (Å²) in [7, 11) is 1.81. The first-order chi connectivity index (χ1) is 7.19. The van der Waals surface area contributed by atoms with Gasteiger partial charge in [0.15, 0.2) is 0 Å². The average Bonchev–Trinajstić information content (AvgIpc) is 2.28. The first-order valence-corrected chi connectivity index (χ1v) is 5.61. The second kappa shape index (κ2) is 5.92. The molecule has 0 unspecified atom stereocenters. The zero-order valence-electron chi connectivity index (χ0n) is 9.78. The summed E-state index contributed by atoms with van der Waals surface area (Å²) < 4.78 is 0. The lowest BCUT2D eigenvalue weighted by Gasteiger charge is -2.36. The lowest BCUT2D eigenvalue weighted by Crippen LogP contribution is -2.52. The van der Waals surface area contributed by atoms with E-state index >= 15 is 0 Å². The van der Waals surface area contributed by atoms with E-state index in [0.29, 0.717) is 13.1 Å². The highest BCUT2D eigenvalue weighted by Gasteiger charge is 2.22. The maximum absolute atomic E-state index is 11.9. The smallest absolute Gasteiger partial charge is 0.319 e. The molecular formula is C10H22N4O. The van der Waals surface area contributed by atoms with Gasteiger partial charge in [0.05, 0.1) is 0 Å². The number of hydrogen-bond acceptors (Lipinski definition) is 3. The molecule has 5 nitrogen and oxygen atoms in total. The lowest BCUT2D eigenvalue weighted by molar-refractivity contribution is 0.121. The fourth-order valence-electron chi connectivity index (χ4n) is 1.79. The van der Waals surface area contributed by atoms with Crippen LogP contribution < -0.4 is 5.73 Å². The molecule has 1 saturated heterocycles. The van der Waals surface area contributed by atoms with Gasteiger partial charge in [-0.25, -0.2) is 4.79 Å². The Bertz CT molecular complexity index is 202. The Balaban J connectivity index is 2.35. The second-order valence-corrected chi connectivity index (χ2v) is 3.91. The number of urea groups is 1. The SMILES string of the molecule is CCN1CCN(C(=O)N(C)CCN)CC1. The molecule has 1 fully saturated rings. The maximum atomic E-state index is 11.9. The van der Waals surface area contributed by atoms with E-state index in [1.807, 2.05) is 4.90 Å². The van der Waals surface area contributed by atoms with Crippen LogP contribution in [0.5, 0.6) is 0 Å². The van der Waals surface area contributed by atoms with Crippen LogP contribution in [0, 0.1) is 0 Å². The van der Waals surface area contributed by atoms with Gasteiger partial charge in [0, 0.05) is 46.3 Å². The van der Waals surface area contributed by atoms with Crippen molar-refractivity contribution < 1.29 is 4.79 Å². The molecular weight excluding hydrogens is 192 g/mol. The van der Waals surface area contributed by atoms with E-state index in [1.54, 1.807) is 11.9 Å². The van der Waals surface area contributed by atoms with Crippen molar-refractivity contribution in [1.29, 1.82) is 0 Å². The summed E-state index contributed by atoms with van der Waals surface area (Å²) in [6, 6.07) is 0.108. The average molecular weight is 214 g/mol. The topological polar surface area (TPSA) is 52.8 Å². The molecule has 0 saturated carbocycles. The zero-order valence-corrected chi connectivity index (χ0v) is 9.78. The van der Waals surface area contributed by atoms with Crippen molar-refractivity contribution in [3.05, 3.63) is 0 Å². The molecule has 1 aliphatic rings. The Morgan fingerprint density at radius 2 is 1.93 bits per heavy atom. The van der Waals surface area contributed by atoms with Crippen molar-refractivity contribution >= 4 is 6.03 Å². The number of amides is 2. The quantitative estimate of drug-likeness (QED) is 0.697. The number of carbonyl (C=O) groups excluding carboxylic acids is 1. The molecule has 2 N–H and O–H groups in total. The van der Waals surface area contributed by atoms with Gasteiger partial charge in [-0.1, -0.05) is 6.92 Å². The highest BCUT2D eigenvalue weighted by atomic mass is 16.2. The molecule has 1 heterocycles. The lowest BCUT2D eigenvalue weighted by atomic mass is 10.3. The van der Waals surface area contributed by atoms with Gasteiger partial charge in [-0.3, -0.25) is 0 Å². The van der Waals surface area contributed by atoms with Crippen LogP contribution in [0.25, 0.3) is 0 Å². The number of carbonyl (C=O) groups is 1. The van der Waals surface area contributed by atoms with Gasteiger partial charge in [-0.15, -0.1) is 0 Å². The van der Waals surface area contributed by atoms with Crippen LogP contribution in [-0.2, 0) is 0 Å². The molecule has 1 aliphatic heterocycles. The fourth-order valence-corrected chi connectivity index (χ4v) is 1.79. The number of hydrogen-bond donors (Lipinski definition) is 1. The predicted molar refractivity (Wildman–Crippen MR) is 60.8 cm³/mol.